The summed E-state index contributed by atoms with van der Waals surface area (Å²) >= 11 is 0. The molecule has 2 aromatic heterocycles. The monoisotopic (exact) mass is 846 g/mol. The Hall–Kier alpha value is -5.63. The summed E-state index contributed by atoms with van der Waals surface area (Å²) in [6.07, 6.45) is 5.95. The largest absolute Gasteiger partial charge is 0.453 e. The highest BCUT2D eigenvalue weighted by atomic mass is 19.3. The maximum atomic E-state index is 16.6. The predicted octanol–water partition coefficient (Wildman–Crippen LogP) is 8.55. The molecule has 0 radical (unpaired) electrons. The van der Waals surface area contributed by atoms with Crippen LogP contribution in [0.1, 0.15) is 95.5 Å². The molecular weight excluding hydrogens is 791 g/mol. The highest BCUT2D eigenvalue weighted by Crippen LogP contribution is 2.53. The Morgan fingerprint density at radius 2 is 1.58 bits per heavy atom. The zero-order chi connectivity index (χ0) is 43.8. The number of hydrogen-bond acceptors (Lipinski definition) is 7. The fraction of sp³-hybridized carbons (Fsp3) is 0.479. The normalized spacial score (nSPS) is 21.3. The van der Waals surface area contributed by atoms with E-state index in [-0.39, 0.29) is 64.9 Å². The molecule has 3 aromatic carbocycles. The lowest BCUT2D eigenvalue weighted by Gasteiger charge is -2.37. The Morgan fingerprint density at radius 1 is 0.919 bits per heavy atom. The molecule has 1 aliphatic heterocycles. The number of nitrogens with one attached hydrogen (secondary N) is 4. The lowest BCUT2D eigenvalue weighted by atomic mass is 9.95. The summed E-state index contributed by atoms with van der Waals surface area (Å²) in [5, 5.41) is 5.91. The van der Waals surface area contributed by atoms with Gasteiger partial charge >= 0.3 is 6.09 Å². The van der Waals surface area contributed by atoms with Crippen LogP contribution in [0.2, 0.25) is 0 Å². The van der Waals surface area contributed by atoms with E-state index >= 15 is 8.78 Å². The van der Waals surface area contributed by atoms with Crippen molar-refractivity contribution in [1.82, 2.24) is 40.4 Å². The number of nitrogens with zero attached hydrogens (tertiary/aromatic N) is 4. The third-order valence-corrected chi connectivity index (χ3v) is 13.9. The SMILES string of the molecule is CNC(C(=O)N1C2CCC(C2)C1c1nc2ccc(-c3ccc4c(c3)C(F)(F)c3cc(-c5cnc(CN(CC6(C)CC6)C(=O)C(NC(=O)OC)C(C)C)[nH]5)ccc3-4)cc2[nH]1)C(C)C. The third kappa shape index (κ3) is 7.33. The van der Waals surface area contributed by atoms with E-state index in [0.29, 0.717) is 46.2 Å². The zero-order valence-electron chi connectivity index (χ0n) is 36.4. The topological polar surface area (TPSA) is 148 Å². The van der Waals surface area contributed by atoms with Crippen molar-refractivity contribution in [2.24, 2.45) is 23.2 Å². The molecule has 0 spiro atoms. The highest BCUT2D eigenvalue weighted by molar-refractivity contribution is 5.88. The lowest BCUT2D eigenvalue weighted by molar-refractivity contribution is -0.139. The van der Waals surface area contributed by atoms with E-state index in [0.717, 1.165) is 54.5 Å². The van der Waals surface area contributed by atoms with E-state index in [1.807, 2.05) is 51.2 Å². The molecule has 62 heavy (non-hydrogen) atoms. The van der Waals surface area contributed by atoms with Crippen LogP contribution in [-0.4, -0.2) is 86.5 Å². The van der Waals surface area contributed by atoms with Gasteiger partial charge < -0.3 is 35.1 Å². The number of ether oxygens (including phenoxy) is 1. The summed E-state index contributed by atoms with van der Waals surface area (Å²) in [5.74, 6) is -1.79. The zero-order valence-corrected chi connectivity index (χ0v) is 36.4. The number of amides is 3. The van der Waals surface area contributed by atoms with E-state index in [1.165, 1.54) is 13.2 Å². The number of fused-ring (bicyclic) bond motifs is 6. The van der Waals surface area contributed by atoms with Crippen LogP contribution in [0.15, 0.2) is 60.8 Å². The molecule has 5 unspecified atom stereocenters. The number of rotatable bonds is 13. The van der Waals surface area contributed by atoms with Crippen LogP contribution >= 0.6 is 0 Å². The van der Waals surface area contributed by atoms with Crippen LogP contribution in [-0.2, 0) is 26.8 Å². The number of benzene rings is 3. The van der Waals surface area contributed by atoms with Gasteiger partial charge in [-0.25, -0.2) is 14.8 Å². The molecule has 3 heterocycles. The van der Waals surface area contributed by atoms with Crippen LogP contribution in [0.3, 0.4) is 0 Å². The number of H-pyrrole nitrogens is 2. The quantitative estimate of drug-likeness (QED) is 0.0929. The number of aromatic amines is 2. The van der Waals surface area contributed by atoms with E-state index < -0.39 is 18.1 Å². The lowest BCUT2D eigenvalue weighted by Crippen LogP contribution is -2.52. The van der Waals surface area contributed by atoms with Crippen LogP contribution in [0, 0.1) is 23.2 Å². The van der Waals surface area contributed by atoms with Crippen LogP contribution < -0.4 is 10.6 Å². The minimum absolute atomic E-state index is 0.0165. The van der Waals surface area contributed by atoms with Crippen molar-refractivity contribution in [2.75, 3.05) is 20.7 Å². The van der Waals surface area contributed by atoms with Crippen LogP contribution in [0.25, 0.3) is 44.5 Å². The van der Waals surface area contributed by atoms with Crippen LogP contribution in [0.5, 0.6) is 0 Å². The molecule has 2 saturated carbocycles. The molecule has 5 aromatic rings. The summed E-state index contributed by atoms with van der Waals surface area (Å²) in [4.78, 5) is 60.0. The number of alkyl carbamates (subject to hydrolysis) is 1. The van der Waals surface area contributed by atoms with Crippen molar-refractivity contribution < 1.29 is 27.9 Å². The van der Waals surface area contributed by atoms with Gasteiger partial charge in [0, 0.05) is 29.3 Å². The highest BCUT2D eigenvalue weighted by Gasteiger charge is 2.51. The number of hydrogen-bond donors (Lipinski definition) is 4. The third-order valence-electron chi connectivity index (χ3n) is 13.9. The maximum Gasteiger partial charge on any atom is 0.407 e. The van der Waals surface area contributed by atoms with Gasteiger partial charge in [0.1, 0.15) is 17.7 Å². The fourth-order valence-electron chi connectivity index (χ4n) is 10.2. The van der Waals surface area contributed by atoms with Gasteiger partial charge in [-0.05, 0) is 109 Å². The minimum atomic E-state index is -3.26. The maximum absolute atomic E-state index is 16.6. The molecule has 4 N–H and O–H groups in total. The Bertz CT molecular complexity index is 2560. The molecule has 9 rings (SSSR count). The van der Waals surface area contributed by atoms with Gasteiger partial charge in [-0.1, -0.05) is 65.0 Å². The first-order valence-corrected chi connectivity index (χ1v) is 21.9. The Labute approximate surface area is 360 Å². The number of likely N-dealkylation sites (tertiary alicyclic amines) is 1. The molecule has 12 nitrogen and oxygen atoms in total. The van der Waals surface area contributed by atoms with E-state index in [2.05, 4.69) is 51.3 Å². The number of methoxy groups -OCH3 is 1. The summed E-state index contributed by atoms with van der Waals surface area (Å²) in [5.41, 5.74) is 4.94. The van der Waals surface area contributed by atoms with Gasteiger partial charge in [-0.15, -0.1) is 0 Å². The number of carbonyl (C=O) groups excluding carboxylic acids is 3. The van der Waals surface area contributed by atoms with Crippen molar-refractivity contribution in [1.29, 1.82) is 0 Å². The average Bonchev–Trinajstić information content (AvgIpc) is 3.82. The Morgan fingerprint density at radius 3 is 2.24 bits per heavy atom. The van der Waals surface area contributed by atoms with Crippen molar-refractivity contribution in [3.8, 4) is 33.5 Å². The molecule has 3 amide bonds. The summed E-state index contributed by atoms with van der Waals surface area (Å²) < 4.78 is 38.0. The van der Waals surface area contributed by atoms with Gasteiger partial charge in [0.15, 0.2) is 0 Å². The van der Waals surface area contributed by atoms with Gasteiger partial charge in [0.25, 0.3) is 5.92 Å². The molecule has 3 aliphatic carbocycles. The van der Waals surface area contributed by atoms with E-state index in [1.54, 1.807) is 29.3 Å². The minimum Gasteiger partial charge on any atom is -0.453 e. The number of halogens is 2. The fourth-order valence-corrected chi connectivity index (χ4v) is 10.2. The van der Waals surface area contributed by atoms with Crippen molar-refractivity contribution in [2.45, 2.75) is 103 Å². The smallest absolute Gasteiger partial charge is 0.407 e. The molecule has 2 bridgehead atoms. The van der Waals surface area contributed by atoms with Crippen molar-refractivity contribution in [3.05, 3.63) is 83.6 Å². The van der Waals surface area contributed by atoms with Crippen molar-refractivity contribution >= 4 is 28.9 Å². The average molecular weight is 847 g/mol. The van der Waals surface area contributed by atoms with E-state index in [9.17, 15) is 14.4 Å². The second-order valence-electron chi connectivity index (χ2n) is 19.0. The molecule has 326 valence electrons. The van der Waals surface area contributed by atoms with E-state index in [4.69, 9.17) is 9.72 Å². The number of carbonyl (C=O) groups is 3. The molecule has 14 heteroatoms. The first-order valence-electron chi connectivity index (χ1n) is 21.9. The van der Waals surface area contributed by atoms with Gasteiger partial charge in [-0.3, -0.25) is 9.59 Å². The molecular formula is C48H56F2N8O4. The molecule has 5 atom stereocenters. The van der Waals surface area contributed by atoms with Crippen LogP contribution in [0.4, 0.5) is 13.6 Å². The first kappa shape index (κ1) is 41.7. The summed E-state index contributed by atoms with van der Waals surface area (Å²) in [7, 11) is 3.10. The summed E-state index contributed by atoms with van der Waals surface area (Å²) in [6.45, 7) is 10.6. The molecule has 1 saturated heterocycles. The number of aromatic nitrogens is 4. The second-order valence-corrected chi connectivity index (χ2v) is 19.0. The van der Waals surface area contributed by atoms with Gasteiger partial charge in [-0.2, -0.15) is 8.78 Å². The molecule has 4 aliphatic rings. The Balaban J connectivity index is 0.951. The van der Waals surface area contributed by atoms with Crippen molar-refractivity contribution in [3.63, 3.8) is 0 Å². The first-order chi connectivity index (χ1) is 29.6. The summed E-state index contributed by atoms with van der Waals surface area (Å²) in [6, 6.07) is 15.1. The standard InChI is InChI=1S/C48H56F2N8O4/c1-25(2)40(51-6)45(60)58-31-12-8-30(18-31)42(58)43-54-36-15-11-28(21-37(36)55-43)27-9-13-32-33-14-10-29(20-35(33)48(49,50)34(32)19-27)38-22-52-39(53-38)23-57(24-47(5)16-17-47)44(59)41(26(3)4)56-46(61)62-7/h9-11,13-15,19-22,25-26,30-31,40-42,51H,8,12,16-18,23-24H2,1-7H3,(H,52,53)(H,54,55)(H,56,61). The van der Waals surface area contributed by atoms with Gasteiger partial charge in [0.2, 0.25) is 11.8 Å². The number of alkyl halides is 2. The molecule has 3 fully saturated rings. The predicted molar refractivity (Wildman–Crippen MR) is 233 cm³/mol. The number of piperidine rings is 1. The number of likely N-dealkylation sites (N-methyl/N-ethyl adjacent to an activating group) is 1. The van der Waals surface area contributed by atoms with Gasteiger partial charge in [0.05, 0.1) is 48.7 Å². The second kappa shape index (κ2) is 15.6. The Kier molecular flexibility index (Phi) is 10.5. The number of imidazole rings is 2.